The number of hydrogen-bond acceptors (Lipinski definition) is 26. The molecule has 0 aromatic rings. The van der Waals surface area contributed by atoms with Gasteiger partial charge in [0.05, 0.1) is 33.0 Å². The van der Waals surface area contributed by atoms with Gasteiger partial charge in [-0.15, -0.1) is 0 Å². The number of amides is 2. The fourth-order valence-corrected chi connectivity index (χ4v) is 7.73. The van der Waals surface area contributed by atoms with E-state index in [4.69, 9.17) is 42.6 Å². The van der Waals surface area contributed by atoms with Crippen molar-refractivity contribution in [1.82, 2.24) is 10.6 Å². The summed E-state index contributed by atoms with van der Waals surface area (Å²) < 4.78 is 50.4. The van der Waals surface area contributed by atoms with Gasteiger partial charge in [0.25, 0.3) is 0 Å². The second-order valence-electron chi connectivity index (χ2n) is 15.5. The molecule has 5 saturated heterocycles. The largest absolute Gasteiger partial charge is 0.394 e. The quantitative estimate of drug-likeness (QED) is 0.0725. The molecule has 0 unspecified atom stereocenters. The molecule has 17 N–H and O–H groups in total. The molecule has 5 aliphatic heterocycles. The van der Waals surface area contributed by atoms with Gasteiger partial charge in [0.1, 0.15) is 122 Å². The lowest BCUT2D eigenvalue weighted by Crippen LogP contribution is -2.69. The summed E-state index contributed by atoms with van der Waals surface area (Å²) in [5, 5.41) is 162. The molecule has 0 aromatic heterocycles. The first-order valence-electron chi connectivity index (χ1n) is 19.6. The summed E-state index contributed by atoms with van der Waals surface area (Å²) in [6.07, 6.45) is -41.1. The smallest absolute Gasteiger partial charge is 0.217 e. The lowest BCUT2D eigenvalue weighted by Gasteiger charge is -2.49. The summed E-state index contributed by atoms with van der Waals surface area (Å²) in [7, 11) is 0. The first-order valence-corrected chi connectivity index (χ1v) is 19.6. The molecule has 5 aliphatic rings. The molecule has 0 saturated carbocycles. The van der Waals surface area contributed by atoms with E-state index >= 15 is 0 Å². The van der Waals surface area contributed by atoms with Crippen LogP contribution in [-0.4, -0.2) is 275 Å². The predicted octanol–water partition coefficient (Wildman–Crippen LogP) is -11.6. The van der Waals surface area contributed by atoms with Crippen LogP contribution in [0.15, 0.2) is 0 Å². The molecule has 25 atom stereocenters. The molecule has 0 spiro atoms. The maximum absolute atomic E-state index is 12.3. The zero-order valence-electron chi connectivity index (χ0n) is 33.2. The second-order valence-corrected chi connectivity index (χ2v) is 15.5. The maximum Gasteiger partial charge on any atom is 0.217 e. The van der Waals surface area contributed by atoms with Gasteiger partial charge in [0.2, 0.25) is 11.8 Å². The Hall–Kier alpha value is -2.02. The summed E-state index contributed by atoms with van der Waals surface area (Å²) in [6.45, 7) is -2.17. The fourth-order valence-electron chi connectivity index (χ4n) is 7.73. The van der Waals surface area contributed by atoms with Gasteiger partial charge in [0.15, 0.2) is 31.5 Å². The van der Waals surface area contributed by atoms with E-state index in [1.54, 1.807) is 0 Å². The number of ether oxygens (including phenoxy) is 9. The molecular formula is C34H58N2O26. The Kier molecular flexibility index (Phi) is 18.1. The highest BCUT2D eigenvalue weighted by Gasteiger charge is 2.55. The van der Waals surface area contributed by atoms with Crippen LogP contribution in [0.1, 0.15) is 13.8 Å². The van der Waals surface area contributed by atoms with Crippen LogP contribution in [-0.2, 0) is 52.2 Å². The molecule has 5 heterocycles. The first-order chi connectivity index (χ1) is 29.3. The van der Waals surface area contributed by atoms with Crippen molar-refractivity contribution in [3.8, 4) is 0 Å². The van der Waals surface area contributed by atoms with E-state index in [0.29, 0.717) is 0 Å². The first kappa shape index (κ1) is 51.0. The Balaban J connectivity index is 1.29. The van der Waals surface area contributed by atoms with Crippen LogP contribution < -0.4 is 10.6 Å². The summed E-state index contributed by atoms with van der Waals surface area (Å²) in [5.74, 6) is -1.49. The van der Waals surface area contributed by atoms with Crippen molar-refractivity contribution in [2.24, 2.45) is 0 Å². The van der Waals surface area contributed by atoms with Crippen molar-refractivity contribution in [3.05, 3.63) is 0 Å². The van der Waals surface area contributed by atoms with Gasteiger partial charge >= 0.3 is 0 Å². The molecule has 0 bridgehead atoms. The van der Waals surface area contributed by atoms with Crippen LogP contribution in [0.2, 0.25) is 0 Å². The number of carbonyl (C=O) groups excluding carboxylic acids is 2. The van der Waals surface area contributed by atoms with Crippen LogP contribution >= 0.6 is 0 Å². The molecule has 0 aliphatic carbocycles. The summed E-state index contributed by atoms with van der Waals surface area (Å²) >= 11 is 0. The predicted molar refractivity (Wildman–Crippen MR) is 190 cm³/mol. The van der Waals surface area contributed by atoms with E-state index in [9.17, 15) is 86.2 Å². The number of rotatable bonds is 15. The van der Waals surface area contributed by atoms with Crippen LogP contribution in [0.5, 0.6) is 0 Å². The zero-order chi connectivity index (χ0) is 45.9. The standard InChI is InChI=1S/C34H58N2O26/c1-8(41)35-15-20(46)27(60-34-26(52)23(49)28(13(6-40)59-34)61-32-24(50)21(47)17(43)10(3-37)56-32)12(5-39)58-31(15)54-7-14-19(45)29(16(30(53)55-14)36-9(2)42)62-33-25(51)22(48)18(44)11(4-38)57-33/h10-34,37-40,43-53H,3-7H2,1-2H3,(H,35,41)(H,36,42)/t10-,11-,12-,13-,14-,15-,16-,17+,18+,19+,20-,21+,22+,23-,24-,25-,26-,27-,28+,29-,30+,31-,32-,33+,34+/m1/s1. The lowest BCUT2D eigenvalue weighted by atomic mass is 9.94. The molecule has 0 aromatic carbocycles. The van der Waals surface area contributed by atoms with Crippen molar-refractivity contribution in [2.75, 3.05) is 33.0 Å². The number of aliphatic hydroxyl groups excluding tert-OH is 15. The number of carbonyl (C=O) groups is 2. The Morgan fingerprint density at radius 3 is 1.26 bits per heavy atom. The summed E-state index contributed by atoms with van der Waals surface area (Å²) in [5.41, 5.74) is 0. The normalized spacial score (nSPS) is 49.0. The van der Waals surface area contributed by atoms with Crippen molar-refractivity contribution in [3.63, 3.8) is 0 Å². The van der Waals surface area contributed by atoms with Gasteiger partial charge in [-0.1, -0.05) is 0 Å². The third-order valence-electron chi connectivity index (χ3n) is 11.1. The number of aliphatic hydroxyl groups is 15. The molecule has 2 amide bonds. The summed E-state index contributed by atoms with van der Waals surface area (Å²) in [6, 6.07) is -3.15. The maximum atomic E-state index is 12.3. The van der Waals surface area contributed by atoms with E-state index < -0.39 is 198 Å². The molecule has 5 rings (SSSR count). The zero-order valence-corrected chi connectivity index (χ0v) is 33.2. The third kappa shape index (κ3) is 11.0. The van der Waals surface area contributed by atoms with Gasteiger partial charge < -0.3 is 130 Å². The highest BCUT2D eigenvalue weighted by Crippen LogP contribution is 2.34. The van der Waals surface area contributed by atoms with Crippen molar-refractivity contribution < 1.29 is 129 Å². The Morgan fingerprint density at radius 1 is 0.419 bits per heavy atom. The summed E-state index contributed by atoms with van der Waals surface area (Å²) in [4.78, 5) is 24.4. The Labute approximate surface area is 351 Å². The third-order valence-corrected chi connectivity index (χ3v) is 11.1. The number of nitrogens with one attached hydrogen (secondary N) is 2. The van der Waals surface area contributed by atoms with Crippen LogP contribution in [0.4, 0.5) is 0 Å². The monoisotopic (exact) mass is 910 g/mol. The van der Waals surface area contributed by atoms with Gasteiger partial charge in [-0.05, 0) is 0 Å². The average molecular weight is 911 g/mol. The minimum Gasteiger partial charge on any atom is -0.394 e. The van der Waals surface area contributed by atoms with E-state index in [1.165, 1.54) is 0 Å². The molecule has 62 heavy (non-hydrogen) atoms. The van der Waals surface area contributed by atoms with Crippen molar-refractivity contribution in [1.29, 1.82) is 0 Å². The van der Waals surface area contributed by atoms with Gasteiger partial charge in [-0.3, -0.25) is 9.59 Å². The Bertz CT molecular complexity index is 1440. The molecule has 5 fully saturated rings. The van der Waals surface area contributed by atoms with E-state index in [-0.39, 0.29) is 0 Å². The second kappa shape index (κ2) is 22.0. The fraction of sp³-hybridized carbons (Fsp3) is 0.941. The van der Waals surface area contributed by atoms with Gasteiger partial charge in [-0.25, -0.2) is 0 Å². The van der Waals surface area contributed by atoms with Gasteiger partial charge in [0, 0.05) is 13.8 Å². The molecule has 0 radical (unpaired) electrons. The highest BCUT2D eigenvalue weighted by atomic mass is 16.8. The van der Waals surface area contributed by atoms with Crippen LogP contribution in [0.3, 0.4) is 0 Å². The van der Waals surface area contributed by atoms with Crippen molar-refractivity contribution >= 4 is 11.8 Å². The van der Waals surface area contributed by atoms with Gasteiger partial charge in [-0.2, -0.15) is 0 Å². The molecular weight excluding hydrogens is 852 g/mol. The Morgan fingerprint density at radius 2 is 0.806 bits per heavy atom. The molecule has 28 nitrogen and oxygen atoms in total. The van der Waals surface area contributed by atoms with Crippen molar-refractivity contribution in [2.45, 2.75) is 167 Å². The average Bonchev–Trinajstić information content (AvgIpc) is 3.23. The molecule has 28 heteroatoms. The molecule has 360 valence electrons. The highest BCUT2D eigenvalue weighted by molar-refractivity contribution is 5.73. The van der Waals surface area contributed by atoms with E-state index in [2.05, 4.69) is 10.6 Å². The van der Waals surface area contributed by atoms with Crippen LogP contribution in [0.25, 0.3) is 0 Å². The van der Waals surface area contributed by atoms with E-state index in [1.807, 2.05) is 0 Å². The minimum atomic E-state index is -2.08. The minimum absolute atomic E-state index is 0.731. The SMILES string of the molecule is CC(=O)N[C@@H]1[C@@H](O[C@@H]2O[C@H](CO)[C@H](O)[C@H](O)[C@H]2O)[C@@H](O)[C@@H](CO[C@@H]2O[C@H](CO)[C@@H](O[C@@H]3O[C@H](CO)[C@H](O[C@H]4O[C@H](CO)[C@H](O)[C@H](O)[C@H]4O)[C@H](O)[C@H]3O)[C@H](O)[C@H]2NC(C)=O)O[C@@H]1O. The topological polar surface area (TPSA) is 445 Å². The number of hydrogen-bond donors (Lipinski definition) is 17. The van der Waals surface area contributed by atoms with E-state index in [0.717, 1.165) is 13.8 Å². The lowest BCUT2D eigenvalue weighted by molar-refractivity contribution is -0.376. The van der Waals surface area contributed by atoms with Crippen LogP contribution in [0, 0.1) is 0 Å².